The summed E-state index contributed by atoms with van der Waals surface area (Å²) in [5.74, 6) is -0.265. The van der Waals surface area contributed by atoms with Crippen molar-refractivity contribution in [3.8, 4) is 5.75 Å². The van der Waals surface area contributed by atoms with Gasteiger partial charge in [0.1, 0.15) is 0 Å². The van der Waals surface area contributed by atoms with E-state index < -0.39 is 6.36 Å². The van der Waals surface area contributed by atoms with Crippen molar-refractivity contribution in [2.75, 3.05) is 25.5 Å². The van der Waals surface area contributed by atoms with Crippen molar-refractivity contribution >= 4 is 35.6 Å². The normalized spacial score (nSPS) is 16.1. The second-order valence-electron chi connectivity index (χ2n) is 6.56. The van der Waals surface area contributed by atoms with E-state index in [2.05, 4.69) is 27.0 Å². The summed E-state index contributed by atoms with van der Waals surface area (Å²) < 4.78 is 41.2. The first-order valence-corrected chi connectivity index (χ1v) is 8.97. The van der Waals surface area contributed by atoms with Crippen molar-refractivity contribution in [3.63, 3.8) is 0 Å². The van der Waals surface area contributed by atoms with Crippen molar-refractivity contribution in [1.29, 1.82) is 0 Å². The first kappa shape index (κ1) is 23.8. The Bertz CT molecular complexity index is 592. The number of ether oxygens (including phenoxy) is 1. The van der Waals surface area contributed by atoms with Gasteiger partial charge in [-0.3, -0.25) is 4.99 Å². The number of halogens is 4. The average molecular weight is 500 g/mol. The van der Waals surface area contributed by atoms with Crippen LogP contribution in [0.25, 0.3) is 0 Å². The number of nitrogens with one attached hydrogen (secondary N) is 1. The lowest BCUT2D eigenvalue weighted by Gasteiger charge is -2.30. The highest BCUT2D eigenvalue weighted by Gasteiger charge is 2.32. The molecule has 0 spiro atoms. The van der Waals surface area contributed by atoms with Gasteiger partial charge < -0.3 is 20.7 Å². The van der Waals surface area contributed by atoms with Crippen LogP contribution in [0, 0.1) is 0 Å². The minimum absolute atomic E-state index is 0. The van der Waals surface area contributed by atoms with Gasteiger partial charge in [-0.1, -0.05) is 31.4 Å². The molecule has 27 heavy (non-hydrogen) atoms. The van der Waals surface area contributed by atoms with E-state index in [-0.39, 0.29) is 41.4 Å². The summed E-state index contributed by atoms with van der Waals surface area (Å²) >= 11 is 0. The van der Waals surface area contributed by atoms with Crippen molar-refractivity contribution < 1.29 is 17.9 Å². The maximum Gasteiger partial charge on any atom is 0.573 e. The molecule has 0 saturated heterocycles. The van der Waals surface area contributed by atoms with E-state index in [1.54, 1.807) is 6.07 Å². The van der Waals surface area contributed by atoms with Crippen LogP contribution in [0.3, 0.4) is 0 Å². The van der Waals surface area contributed by atoms with E-state index >= 15 is 0 Å². The fourth-order valence-corrected chi connectivity index (χ4v) is 3.19. The molecule has 0 unspecified atom stereocenters. The Morgan fingerprint density at radius 1 is 1.26 bits per heavy atom. The predicted molar refractivity (Wildman–Crippen MR) is 113 cm³/mol. The molecule has 0 radical (unpaired) electrons. The molecule has 1 aliphatic carbocycles. The minimum Gasteiger partial charge on any atom is -0.404 e. The number of nitrogens with two attached hydrogens (primary N) is 1. The van der Waals surface area contributed by atoms with E-state index in [4.69, 9.17) is 5.73 Å². The Morgan fingerprint density at radius 3 is 2.59 bits per heavy atom. The first-order valence-electron chi connectivity index (χ1n) is 8.97. The summed E-state index contributed by atoms with van der Waals surface area (Å²) in [6.07, 6.45) is 2.51. The molecule has 154 valence electrons. The van der Waals surface area contributed by atoms with Gasteiger partial charge in [0.05, 0.1) is 5.69 Å². The summed E-state index contributed by atoms with van der Waals surface area (Å²) in [6.45, 7) is 1.44. The van der Waals surface area contributed by atoms with Gasteiger partial charge in [-0.25, -0.2) is 0 Å². The molecule has 1 aliphatic rings. The van der Waals surface area contributed by atoms with Crippen LogP contribution >= 0.6 is 24.0 Å². The highest BCUT2D eigenvalue weighted by atomic mass is 127. The zero-order valence-corrected chi connectivity index (χ0v) is 17.8. The molecule has 0 atom stereocenters. The third-order valence-electron chi connectivity index (χ3n) is 4.52. The van der Waals surface area contributed by atoms with Crippen molar-refractivity contribution in [2.45, 2.75) is 50.9 Å². The molecule has 9 heteroatoms. The SMILES string of the molecule is CN(CCCN=C(N)Nc1ccccc1OC(F)(F)F)C1CCCCC1.I. The van der Waals surface area contributed by atoms with Crippen LogP contribution in [0.15, 0.2) is 29.3 Å². The number of anilines is 1. The molecule has 1 fully saturated rings. The molecule has 0 aromatic heterocycles. The van der Waals surface area contributed by atoms with Gasteiger partial charge in [-0.2, -0.15) is 0 Å². The second kappa shape index (κ2) is 11.6. The molecular formula is C18H28F3IN4O. The molecule has 1 aromatic rings. The van der Waals surface area contributed by atoms with Crippen LogP contribution in [0.2, 0.25) is 0 Å². The lowest BCUT2D eigenvalue weighted by atomic mass is 9.94. The fourth-order valence-electron chi connectivity index (χ4n) is 3.19. The molecule has 3 N–H and O–H groups in total. The second-order valence-corrected chi connectivity index (χ2v) is 6.56. The van der Waals surface area contributed by atoms with Gasteiger partial charge in [0.25, 0.3) is 0 Å². The van der Waals surface area contributed by atoms with Crippen LogP contribution in [-0.2, 0) is 0 Å². The number of rotatable bonds is 7. The third kappa shape index (κ3) is 9.00. The molecule has 5 nitrogen and oxygen atoms in total. The molecule has 1 aromatic carbocycles. The van der Waals surface area contributed by atoms with Crippen LogP contribution in [-0.4, -0.2) is 43.4 Å². The molecule has 0 bridgehead atoms. The number of hydrogen-bond donors (Lipinski definition) is 2. The zero-order valence-electron chi connectivity index (χ0n) is 15.5. The van der Waals surface area contributed by atoms with Gasteiger partial charge >= 0.3 is 6.36 Å². The van der Waals surface area contributed by atoms with Crippen LogP contribution in [0.5, 0.6) is 5.75 Å². The van der Waals surface area contributed by atoms with Gasteiger partial charge in [-0.15, -0.1) is 37.1 Å². The summed E-state index contributed by atoms with van der Waals surface area (Å²) in [7, 11) is 2.13. The third-order valence-corrected chi connectivity index (χ3v) is 4.52. The lowest BCUT2D eigenvalue weighted by Crippen LogP contribution is -2.34. The summed E-state index contributed by atoms with van der Waals surface area (Å²) in [4.78, 5) is 6.56. The number of guanidine groups is 1. The van der Waals surface area contributed by atoms with E-state index in [0.29, 0.717) is 12.6 Å². The average Bonchev–Trinajstić information content (AvgIpc) is 2.60. The van der Waals surface area contributed by atoms with Gasteiger partial charge in [0, 0.05) is 12.6 Å². The highest BCUT2D eigenvalue weighted by molar-refractivity contribution is 14.0. The van der Waals surface area contributed by atoms with Crippen molar-refractivity contribution in [1.82, 2.24) is 4.90 Å². The van der Waals surface area contributed by atoms with E-state index in [1.165, 1.54) is 50.3 Å². The number of para-hydroxylation sites is 2. The van der Waals surface area contributed by atoms with Gasteiger partial charge in [0.15, 0.2) is 11.7 Å². The molecular weight excluding hydrogens is 472 g/mol. The van der Waals surface area contributed by atoms with Crippen molar-refractivity contribution in [3.05, 3.63) is 24.3 Å². The molecule has 0 amide bonds. The monoisotopic (exact) mass is 500 g/mol. The Balaban J connectivity index is 0.00000364. The highest BCUT2D eigenvalue weighted by Crippen LogP contribution is 2.29. The number of benzene rings is 1. The predicted octanol–water partition coefficient (Wildman–Crippen LogP) is 4.58. The largest absolute Gasteiger partial charge is 0.573 e. The quantitative estimate of drug-likeness (QED) is 0.249. The number of alkyl halides is 3. The van der Waals surface area contributed by atoms with Gasteiger partial charge in [0.2, 0.25) is 0 Å². The Morgan fingerprint density at radius 2 is 1.93 bits per heavy atom. The van der Waals surface area contributed by atoms with Crippen LogP contribution in [0.1, 0.15) is 38.5 Å². The molecule has 0 aliphatic heterocycles. The lowest BCUT2D eigenvalue weighted by molar-refractivity contribution is -0.274. The first-order chi connectivity index (χ1) is 12.3. The summed E-state index contributed by atoms with van der Waals surface area (Å²) in [5.41, 5.74) is 5.92. The molecule has 0 heterocycles. The van der Waals surface area contributed by atoms with Crippen LogP contribution < -0.4 is 15.8 Å². The van der Waals surface area contributed by atoms with Crippen molar-refractivity contribution in [2.24, 2.45) is 10.7 Å². The number of hydrogen-bond acceptors (Lipinski definition) is 3. The van der Waals surface area contributed by atoms with E-state index in [0.717, 1.165) is 13.0 Å². The Hall–Kier alpha value is -1.23. The number of nitrogens with zero attached hydrogens (tertiary/aromatic N) is 2. The molecule has 1 saturated carbocycles. The summed E-state index contributed by atoms with van der Waals surface area (Å²) in [6, 6.07) is 6.39. The van der Waals surface area contributed by atoms with E-state index in [9.17, 15) is 13.2 Å². The van der Waals surface area contributed by atoms with Crippen LogP contribution in [0.4, 0.5) is 18.9 Å². The summed E-state index contributed by atoms with van der Waals surface area (Å²) in [5, 5.41) is 2.67. The molecule has 2 rings (SSSR count). The van der Waals surface area contributed by atoms with E-state index in [1.807, 2.05) is 0 Å². The standard InChI is InChI=1S/C18H27F3N4O.HI/c1-25(14-8-3-2-4-9-14)13-7-12-23-17(22)24-15-10-5-6-11-16(15)26-18(19,20)21;/h5-6,10-11,14H,2-4,7-9,12-13H2,1H3,(H3,22,23,24);1H. The fraction of sp³-hybridized carbons (Fsp3) is 0.611. The number of aliphatic imine (C=N–C) groups is 1. The topological polar surface area (TPSA) is 62.9 Å². The maximum absolute atomic E-state index is 12.4. The maximum atomic E-state index is 12.4. The minimum atomic E-state index is -4.76. The Labute approximate surface area is 175 Å². The van der Waals surface area contributed by atoms with Gasteiger partial charge in [-0.05, 0) is 45.0 Å². The smallest absolute Gasteiger partial charge is 0.404 e. The zero-order chi connectivity index (χ0) is 19.0. The Kier molecular flexibility index (Phi) is 10.2.